The Hall–Kier alpha value is -1.50. The van der Waals surface area contributed by atoms with Crippen LogP contribution in [0.5, 0.6) is 0 Å². The molecule has 1 rings (SSSR count). The second-order valence-electron chi connectivity index (χ2n) is 4.11. The average molecular weight is 265 g/mol. The highest BCUT2D eigenvalue weighted by Gasteiger charge is 2.07. The summed E-state index contributed by atoms with van der Waals surface area (Å²) in [5, 5.41) is 6.45. The van der Waals surface area contributed by atoms with Crippen molar-refractivity contribution in [3.05, 3.63) is 34.9 Å². The first-order valence-corrected chi connectivity index (χ1v) is 6.17. The van der Waals surface area contributed by atoms with Gasteiger partial charge >= 0.3 is 0 Å². The van der Waals surface area contributed by atoms with Crippen LogP contribution in [0.1, 0.15) is 12.5 Å². The molecule has 2 N–H and O–H groups in total. The minimum absolute atomic E-state index is 0.0558. The molecule has 1 atom stereocenters. The van der Waals surface area contributed by atoms with E-state index in [1.165, 1.54) is 0 Å². The van der Waals surface area contributed by atoms with Gasteiger partial charge in [-0.15, -0.1) is 6.42 Å². The van der Waals surface area contributed by atoms with Gasteiger partial charge in [-0.2, -0.15) is 0 Å². The largest absolute Gasteiger partial charge is 0.352 e. The first kappa shape index (κ1) is 14.6. The molecule has 0 aliphatic carbocycles. The molecule has 96 valence electrons. The number of carbonyl (C=O) groups excluding carboxylic acids is 1. The van der Waals surface area contributed by atoms with E-state index >= 15 is 0 Å². The van der Waals surface area contributed by atoms with Gasteiger partial charge in [-0.25, -0.2) is 0 Å². The summed E-state index contributed by atoms with van der Waals surface area (Å²) in [5.74, 6) is 2.36. The van der Waals surface area contributed by atoms with Crippen LogP contribution < -0.4 is 10.6 Å². The fourth-order valence-corrected chi connectivity index (χ4v) is 1.86. The van der Waals surface area contributed by atoms with Crippen molar-refractivity contribution in [3.63, 3.8) is 0 Å². The normalized spacial score (nSPS) is 11.6. The maximum Gasteiger partial charge on any atom is 0.234 e. The summed E-state index contributed by atoms with van der Waals surface area (Å²) in [6.07, 6.45) is 5.83. The lowest BCUT2D eigenvalue weighted by Gasteiger charge is -2.14. The predicted molar refractivity (Wildman–Crippen MR) is 74.5 cm³/mol. The molecule has 1 aromatic carbocycles. The van der Waals surface area contributed by atoms with Crippen molar-refractivity contribution in [2.45, 2.75) is 19.4 Å². The van der Waals surface area contributed by atoms with E-state index in [9.17, 15) is 4.79 Å². The first-order chi connectivity index (χ1) is 8.61. The van der Waals surface area contributed by atoms with Gasteiger partial charge in [0, 0.05) is 11.1 Å². The third kappa shape index (κ3) is 5.72. The summed E-state index contributed by atoms with van der Waals surface area (Å²) in [6, 6.07) is 7.69. The molecule has 0 spiro atoms. The van der Waals surface area contributed by atoms with Gasteiger partial charge in [0.2, 0.25) is 5.91 Å². The van der Waals surface area contributed by atoms with Crippen LogP contribution in [-0.2, 0) is 11.2 Å². The van der Waals surface area contributed by atoms with Gasteiger partial charge in [-0.1, -0.05) is 29.7 Å². The Morgan fingerprint density at radius 3 is 3.00 bits per heavy atom. The highest BCUT2D eigenvalue weighted by molar-refractivity contribution is 6.30. The zero-order valence-electron chi connectivity index (χ0n) is 10.4. The molecule has 0 fully saturated rings. The highest BCUT2D eigenvalue weighted by atomic mass is 35.5. The van der Waals surface area contributed by atoms with Crippen LogP contribution in [0.3, 0.4) is 0 Å². The summed E-state index contributed by atoms with van der Waals surface area (Å²) in [7, 11) is 0. The third-order valence-corrected chi connectivity index (χ3v) is 2.59. The quantitative estimate of drug-likeness (QED) is 0.605. The van der Waals surface area contributed by atoms with E-state index < -0.39 is 0 Å². The minimum Gasteiger partial charge on any atom is -0.352 e. The maximum atomic E-state index is 11.5. The van der Waals surface area contributed by atoms with Gasteiger partial charge in [0.1, 0.15) is 0 Å². The number of terminal acetylenes is 1. The number of benzene rings is 1. The molecule has 1 amide bonds. The molecule has 0 saturated carbocycles. The lowest BCUT2D eigenvalue weighted by atomic mass is 10.1. The van der Waals surface area contributed by atoms with Crippen LogP contribution in [0, 0.1) is 12.3 Å². The minimum atomic E-state index is -0.0558. The fraction of sp³-hybridized carbons (Fsp3) is 0.357. The Morgan fingerprint density at radius 1 is 1.56 bits per heavy atom. The highest BCUT2D eigenvalue weighted by Crippen LogP contribution is 2.12. The summed E-state index contributed by atoms with van der Waals surface area (Å²) in [5.41, 5.74) is 1.10. The maximum absolute atomic E-state index is 11.5. The Balaban J connectivity index is 2.35. The van der Waals surface area contributed by atoms with Crippen LogP contribution in [0.25, 0.3) is 0 Å². The van der Waals surface area contributed by atoms with Crippen LogP contribution >= 0.6 is 11.6 Å². The molecular weight excluding hydrogens is 248 g/mol. The van der Waals surface area contributed by atoms with Gasteiger partial charge in [-0.3, -0.25) is 10.1 Å². The molecule has 0 saturated heterocycles. The second-order valence-corrected chi connectivity index (χ2v) is 4.55. The van der Waals surface area contributed by atoms with Crippen LogP contribution in [0.15, 0.2) is 24.3 Å². The van der Waals surface area contributed by atoms with E-state index in [0.29, 0.717) is 11.6 Å². The molecule has 1 unspecified atom stereocenters. The number of hydrogen-bond acceptors (Lipinski definition) is 2. The summed E-state index contributed by atoms with van der Waals surface area (Å²) in [4.78, 5) is 11.5. The fourth-order valence-electron chi connectivity index (χ4n) is 1.64. The van der Waals surface area contributed by atoms with Crippen molar-refractivity contribution in [3.8, 4) is 12.3 Å². The van der Waals surface area contributed by atoms with E-state index in [1.54, 1.807) is 0 Å². The van der Waals surface area contributed by atoms with Crippen LogP contribution in [0.2, 0.25) is 5.02 Å². The molecule has 0 heterocycles. The molecular formula is C14H17ClN2O. The van der Waals surface area contributed by atoms with Gasteiger partial charge in [0.25, 0.3) is 0 Å². The smallest absolute Gasteiger partial charge is 0.234 e. The predicted octanol–water partition coefficient (Wildman–Crippen LogP) is 1.61. The van der Waals surface area contributed by atoms with Crippen molar-refractivity contribution in [2.24, 2.45) is 0 Å². The number of rotatable bonds is 6. The van der Waals surface area contributed by atoms with Gasteiger partial charge in [0.05, 0.1) is 13.1 Å². The van der Waals surface area contributed by atoms with E-state index in [0.717, 1.165) is 12.0 Å². The van der Waals surface area contributed by atoms with Crippen LogP contribution in [0.4, 0.5) is 0 Å². The Morgan fingerprint density at radius 2 is 2.33 bits per heavy atom. The van der Waals surface area contributed by atoms with E-state index in [-0.39, 0.29) is 18.5 Å². The average Bonchev–Trinajstić information content (AvgIpc) is 2.29. The molecule has 3 nitrogen and oxygen atoms in total. The SMILES string of the molecule is C#CCNCC(=O)NC(C)Cc1cccc(Cl)c1. The number of carbonyl (C=O) groups is 1. The monoisotopic (exact) mass is 264 g/mol. The van der Waals surface area contributed by atoms with Crippen molar-refractivity contribution in [1.29, 1.82) is 0 Å². The number of hydrogen-bond donors (Lipinski definition) is 2. The summed E-state index contributed by atoms with van der Waals surface area (Å²) >= 11 is 5.90. The molecule has 4 heteroatoms. The molecule has 18 heavy (non-hydrogen) atoms. The third-order valence-electron chi connectivity index (χ3n) is 2.35. The number of halogens is 1. The van der Waals surface area contributed by atoms with Crippen molar-refractivity contribution in [2.75, 3.05) is 13.1 Å². The number of nitrogens with one attached hydrogen (secondary N) is 2. The number of amides is 1. The van der Waals surface area contributed by atoms with Crippen molar-refractivity contribution in [1.82, 2.24) is 10.6 Å². The molecule has 0 bridgehead atoms. The van der Waals surface area contributed by atoms with Crippen molar-refractivity contribution >= 4 is 17.5 Å². The Bertz CT molecular complexity index is 440. The van der Waals surface area contributed by atoms with E-state index in [2.05, 4.69) is 16.6 Å². The van der Waals surface area contributed by atoms with Gasteiger partial charge in [0.15, 0.2) is 0 Å². The van der Waals surface area contributed by atoms with Crippen LogP contribution in [-0.4, -0.2) is 25.0 Å². The Labute approximate surface area is 113 Å². The Kier molecular flexibility index (Phi) is 6.27. The molecule has 0 aliphatic heterocycles. The molecule has 0 aliphatic rings. The zero-order valence-corrected chi connectivity index (χ0v) is 11.1. The second kappa shape index (κ2) is 7.75. The molecule has 0 radical (unpaired) electrons. The lowest BCUT2D eigenvalue weighted by Crippen LogP contribution is -2.40. The van der Waals surface area contributed by atoms with Crippen molar-refractivity contribution < 1.29 is 4.79 Å². The topological polar surface area (TPSA) is 41.1 Å². The van der Waals surface area contributed by atoms with E-state index in [1.807, 2.05) is 31.2 Å². The van der Waals surface area contributed by atoms with Gasteiger partial charge in [-0.05, 0) is 31.0 Å². The summed E-state index contributed by atoms with van der Waals surface area (Å²) < 4.78 is 0. The van der Waals surface area contributed by atoms with Gasteiger partial charge < -0.3 is 5.32 Å². The first-order valence-electron chi connectivity index (χ1n) is 5.80. The van der Waals surface area contributed by atoms with E-state index in [4.69, 9.17) is 18.0 Å². The zero-order chi connectivity index (χ0) is 13.4. The lowest BCUT2D eigenvalue weighted by molar-refractivity contribution is -0.120. The standard InChI is InChI=1S/C14H17ClN2O/c1-3-7-16-10-14(18)17-11(2)8-12-5-4-6-13(15)9-12/h1,4-6,9,11,16H,7-8,10H2,2H3,(H,17,18). The molecule has 1 aromatic rings. The molecule has 0 aromatic heterocycles. The summed E-state index contributed by atoms with van der Waals surface area (Å²) in [6.45, 7) is 2.60.